The summed E-state index contributed by atoms with van der Waals surface area (Å²) in [5.41, 5.74) is 0. The molecule has 0 saturated carbocycles. The fraction of sp³-hybridized carbons (Fsp3) is 0.667. The van der Waals surface area contributed by atoms with E-state index in [-0.39, 0.29) is 15.4 Å². The first-order valence-electron chi connectivity index (χ1n) is 5.82. The lowest BCUT2D eigenvalue weighted by Gasteiger charge is -2.16. The molecule has 2 heterocycles. The van der Waals surface area contributed by atoms with Crippen LogP contribution in [0.1, 0.15) is 13.3 Å². The molecule has 2 rings (SSSR count). The molecule has 0 aromatic carbocycles. The summed E-state index contributed by atoms with van der Waals surface area (Å²) >= 11 is 0.864. The second-order valence-corrected chi connectivity index (χ2v) is 7.15. The van der Waals surface area contributed by atoms with Gasteiger partial charge in [0.1, 0.15) is 0 Å². The van der Waals surface area contributed by atoms with Gasteiger partial charge in [0.15, 0.2) is 0 Å². The molecule has 1 aliphatic heterocycles. The fourth-order valence-corrected chi connectivity index (χ4v) is 4.25. The number of sulfonamides is 1. The van der Waals surface area contributed by atoms with E-state index >= 15 is 0 Å². The van der Waals surface area contributed by atoms with Gasteiger partial charge in [-0.25, -0.2) is 8.42 Å². The summed E-state index contributed by atoms with van der Waals surface area (Å²) in [6, 6.07) is 0. The monoisotopic (exact) mass is 305 g/mol. The molecule has 1 aliphatic rings. The minimum Gasteiger partial charge on any atom is -0.315 e. The molecule has 19 heavy (non-hydrogen) atoms. The first kappa shape index (κ1) is 14.3. The van der Waals surface area contributed by atoms with E-state index in [4.69, 9.17) is 0 Å². The van der Waals surface area contributed by atoms with Crippen molar-refractivity contribution >= 4 is 32.4 Å². The summed E-state index contributed by atoms with van der Waals surface area (Å²) in [6.07, 6.45) is 0.761. The Morgan fingerprint density at radius 2 is 2.16 bits per heavy atom. The second-order valence-electron chi connectivity index (χ2n) is 4.06. The third kappa shape index (κ3) is 3.47. The highest BCUT2D eigenvalue weighted by Crippen LogP contribution is 2.23. The normalized spacial score (nSPS) is 17.9. The SMILES string of the molecule is CC(=O)Nc1nnc(S(=O)(=O)N2CCCNCC2)s1. The zero-order valence-electron chi connectivity index (χ0n) is 10.4. The number of amides is 1. The largest absolute Gasteiger partial charge is 0.315 e. The Morgan fingerprint density at radius 3 is 2.89 bits per heavy atom. The molecule has 1 saturated heterocycles. The Kier molecular flexibility index (Phi) is 4.45. The molecule has 10 heteroatoms. The Morgan fingerprint density at radius 1 is 1.37 bits per heavy atom. The van der Waals surface area contributed by atoms with E-state index < -0.39 is 10.0 Å². The molecule has 1 amide bonds. The number of rotatable bonds is 3. The van der Waals surface area contributed by atoms with Crippen LogP contribution in [-0.4, -0.2) is 55.0 Å². The fourth-order valence-electron chi connectivity index (χ4n) is 1.69. The minimum absolute atomic E-state index is 0.0850. The number of hydrogen-bond acceptors (Lipinski definition) is 7. The van der Waals surface area contributed by atoms with Gasteiger partial charge in [0.2, 0.25) is 15.4 Å². The van der Waals surface area contributed by atoms with E-state index in [2.05, 4.69) is 20.8 Å². The summed E-state index contributed by atoms with van der Waals surface area (Å²) < 4.78 is 26.0. The molecule has 0 bridgehead atoms. The zero-order chi connectivity index (χ0) is 13.9. The molecular weight excluding hydrogens is 290 g/mol. The van der Waals surface area contributed by atoms with Crippen LogP contribution in [0.2, 0.25) is 0 Å². The van der Waals surface area contributed by atoms with Crippen molar-refractivity contribution in [2.24, 2.45) is 0 Å². The van der Waals surface area contributed by atoms with E-state index in [1.54, 1.807) is 0 Å². The summed E-state index contributed by atoms with van der Waals surface area (Å²) in [4.78, 5) is 10.9. The van der Waals surface area contributed by atoms with Crippen molar-refractivity contribution in [3.05, 3.63) is 0 Å². The maximum Gasteiger partial charge on any atom is 0.272 e. The highest BCUT2D eigenvalue weighted by molar-refractivity contribution is 7.91. The van der Waals surface area contributed by atoms with Crippen LogP contribution in [0.4, 0.5) is 5.13 Å². The maximum atomic E-state index is 12.3. The van der Waals surface area contributed by atoms with Gasteiger partial charge in [0.25, 0.3) is 10.0 Å². The van der Waals surface area contributed by atoms with Crippen LogP contribution in [0.15, 0.2) is 4.34 Å². The smallest absolute Gasteiger partial charge is 0.272 e. The van der Waals surface area contributed by atoms with Crippen molar-refractivity contribution < 1.29 is 13.2 Å². The Labute approximate surface area is 115 Å². The summed E-state index contributed by atoms with van der Waals surface area (Å²) in [7, 11) is -3.61. The van der Waals surface area contributed by atoms with E-state index in [1.165, 1.54) is 11.2 Å². The van der Waals surface area contributed by atoms with Gasteiger partial charge < -0.3 is 10.6 Å². The Balaban J connectivity index is 2.18. The van der Waals surface area contributed by atoms with E-state index in [9.17, 15) is 13.2 Å². The van der Waals surface area contributed by atoms with Crippen molar-refractivity contribution in [3.63, 3.8) is 0 Å². The maximum absolute atomic E-state index is 12.3. The highest BCUT2D eigenvalue weighted by Gasteiger charge is 2.29. The molecule has 0 spiro atoms. The van der Waals surface area contributed by atoms with Gasteiger partial charge in [-0.05, 0) is 13.0 Å². The lowest BCUT2D eigenvalue weighted by molar-refractivity contribution is -0.114. The van der Waals surface area contributed by atoms with Crippen molar-refractivity contribution in [1.82, 2.24) is 19.8 Å². The lowest BCUT2D eigenvalue weighted by atomic mass is 10.4. The molecule has 106 valence electrons. The molecular formula is C9H15N5O3S2. The van der Waals surface area contributed by atoms with Crippen LogP contribution in [-0.2, 0) is 14.8 Å². The molecule has 1 fully saturated rings. The lowest BCUT2D eigenvalue weighted by Crippen LogP contribution is -2.34. The van der Waals surface area contributed by atoms with Gasteiger partial charge >= 0.3 is 0 Å². The van der Waals surface area contributed by atoms with Crippen molar-refractivity contribution in [3.8, 4) is 0 Å². The number of carbonyl (C=O) groups excluding carboxylic acids is 1. The molecule has 1 aromatic heterocycles. The van der Waals surface area contributed by atoms with Crippen molar-refractivity contribution in [2.45, 2.75) is 17.7 Å². The number of hydrogen-bond donors (Lipinski definition) is 2. The number of nitrogens with zero attached hydrogens (tertiary/aromatic N) is 3. The van der Waals surface area contributed by atoms with Gasteiger partial charge in [0.05, 0.1) is 0 Å². The average Bonchev–Trinajstić information content (AvgIpc) is 2.64. The summed E-state index contributed by atoms with van der Waals surface area (Å²) in [5, 5.41) is 13.1. The molecule has 0 radical (unpaired) electrons. The predicted octanol–water partition coefficient (Wildman–Crippen LogP) is -0.519. The molecule has 8 nitrogen and oxygen atoms in total. The van der Waals surface area contributed by atoms with Crippen LogP contribution in [0.25, 0.3) is 0 Å². The van der Waals surface area contributed by atoms with E-state index in [0.29, 0.717) is 19.6 Å². The first-order chi connectivity index (χ1) is 9.00. The van der Waals surface area contributed by atoms with Crippen LogP contribution >= 0.6 is 11.3 Å². The standard InChI is InChI=1S/C9H15N5O3S2/c1-7(15)11-8-12-13-9(18-8)19(16,17)14-5-2-3-10-4-6-14/h10H,2-6H2,1H3,(H,11,12,15). The van der Waals surface area contributed by atoms with E-state index in [1.807, 2.05) is 0 Å². The number of carbonyl (C=O) groups is 1. The highest BCUT2D eigenvalue weighted by atomic mass is 32.2. The average molecular weight is 305 g/mol. The van der Waals surface area contributed by atoms with Gasteiger partial charge in [-0.3, -0.25) is 4.79 Å². The molecule has 0 aliphatic carbocycles. The van der Waals surface area contributed by atoms with Crippen molar-refractivity contribution in [2.75, 3.05) is 31.5 Å². The third-order valence-electron chi connectivity index (χ3n) is 2.55. The third-order valence-corrected chi connectivity index (χ3v) is 5.63. The number of anilines is 1. The molecule has 0 atom stereocenters. The first-order valence-corrected chi connectivity index (χ1v) is 8.08. The second kappa shape index (κ2) is 5.90. The number of aromatic nitrogens is 2. The van der Waals surface area contributed by atoms with Crippen LogP contribution in [0.5, 0.6) is 0 Å². The topological polar surface area (TPSA) is 104 Å². The molecule has 2 N–H and O–H groups in total. The molecule has 0 unspecified atom stereocenters. The van der Waals surface area contributed by atoms with Gasteiger partial charge in [-0.1, -0.05) is 11.3 Å². The minimum atomic E-state index is -3.61. The zero-order valence-corrected chi connectivity index (χ0v) is 12.1. The Hall–Kier alpha value is -1.10. The van der Waals surface area contributed by atoms with E-state index in [0.717, 1.165) is 24.3 Å². The van der Waals surface area contributed by atoms with Gasteiger partial charge in [0, 0.05) is 26.6 Å². The predicted molar refractivity (Wildman–Crippen MR) is 70.5 cm³/mol. The Bertz CT molecular complexity index is 548. The van der Waals surface area contributed by atoms with Gasteiger partial charge in [-0.15, -0.1) is 10.2 Å². The molecule has 1 aromatic rings. The van der Waals surface area contributed by atoms with Crippen molar-refractivity contribution in [1.29, 1.82) is 0 Å². The van der Waals surface area contributed by atoms with Crippen LogP contribution in [0, 0.1) is 0 Å². The van der Waals surface area contributed by atoms with Crippen LogP contribution in [0.3, 0.4) is 0 Å². The number of nitrogens with one attached hydrogen (secondary N) is 2. The van der Waals surface area contributed by atoms with Gasteiger partial charge in [-0.2, -0.15) is 4.31 Å². The van der Waals surface area contributed by atoms with Crippen LogP contribution < -0.4 is 10.6 Å². The summed E-state index contributed by atoms with van der Waals surface area (Å²) in [6.45, 7) is 3.63. The quantitative estimate of drug-likeness (QED) is 0.728. The summed E-state index contributed by atoms with van der Waals surface area (Å²) in [5.74, 6) is -0.306.